The lowest BCUT2D eigenvalue weighted by Gasteiger charge is -2.24. The van der Waals surface area contributed by atoms with Crippen molar-refractivity contribution in [3.05, 3.63) is 82.2 Å². The summed E-state index contributed by atoms with van der Waals surface area (Å²) in [6, 6.07) is 14.2. The van der Waals surface area contributed by atoms with E-state index < -0.39 is 20.5 Å². The van der Waals surface area contributed by atoms with E-state index in [0.29, 0.717) is 23.7 Å². The fourth-order valence-electron chi connectivity index (χ4n) is 3.24. The number of sulfone groups is 1. The van der Waals surface area contributed by atoms with Crippen LogP contribution in [0.1, 0.15) is 30.4 Å². The van der Waals surface area contributed by atoms with Crippen LogP contribution in [0.3, 0.4) is 0 Å². The second-order valence-corrected chi connectivity index (χ2v) is 10.5. The monoisotopic (exact) mass is 482 g/mol. The van der Waals surface area contributed by atoms with Gasteiger partial charge in [0, 0.05) is 37.7 Å². The Kier molecular flexibility index (Phi) is 7.44. The first-order valence-corrected chi connectivity index (χ1v) is 12.3. The molecule has 34 heavy (non-hydrogen) atoms. The van der Waals surface area contributed by atoms with Crippen LogP contribution in [0.25, 0.3) is 11.1 Å². The molecule has 0 radical (unpaired) electrons. The molecule has 178 valence electrons. The Morgan fingerprint density at radius 1 is 1.12 bits per heavy atom. The van der Waals surface area contributed by atoms with E-state index in [2.05, 4.69) is 11.8 Å². The summed E-state index contributed by atoms with van der Waals surface area (Å²) in [7, 11) is -2.15. The number of ether oxygens (including phenoxy) is 1. The lowest BCUT2D eigenvalue weighted by atomic mass is 10.0. The molecule has 2 aromatic heterocycles. The first kappa shape index (κ1) is 25.0. The van der Waals surface area contributed by atoms with Gasteiger partial charge in [0.05, 0.1) is 0 Å². The van der Waals surface area contributed by atoms with Crippen LogP contribution < -0.4 is 11.3 Å². The third-order valence-electron chi connectivity index (χ3n) is 5.66. The highest BCUT2D eigenvalue weighted by molar-refractivity contribution is 7.92. The maximum atomic E-state index is 12.6. The van der Waals surface area contributed by atoms with Gasteiger partial charge >= 0.3 is 0 Å². The maximum absolute atomic E-state index is 12.6. The Labute approximate surface area is 198 Å². The summed E-state index contributed by atoms with van der Waals surface area (Å²) in [5.74, 6) is 6.30. The molecule has 0 bridgehead atoms. The summed E-state index contributed by atoms with van der Waals surface area (Å²) < 4.78 is 34.2. The highest BCUT2D eigenvalue weighted by Gasteiger charge is 2.41. The van der Waals surface area contributed by atoms with Crippen molar-refractivity contribution >= 4 is 15.7 Å². The minimum absolute atomic E-state index is 0.0407. The van der Waals surface area contributed by atoms with Gasteiger partial charge in [-0.25, -0.2) is 8.42 Å². The number of hydrogen-bond donors (Lipinski definition) is 1. The van der Waals surface area contributed by atoms with Gasteiger partial charge < -0.3 is 19.5 Å². The number of nitrogens with two attached hydrogens (primary N) is 1. The number of primary amides is 1. The molecule has 0 aliphatic heterocycles. The maximum Gasteiger partial charge on any atom is 0.251 e. The molecule has 3 rings (SSSR count). The number of nitrogens with zero attached hydrogens (tertiary/aromatic N) is 1. The molecule has 3 aromatic rings. The number of methoxy groups -OCH3 is 1. The molecule has 0 fully saturated rings. The Morgan fingerprint density at radius 3 is 2.41 bits per heavy atom. The van der Waals surface area contributed by atoms with Gasteiger partial charge in [0.2, 0.25) is 5.91 Å². The fraction of sp³-hybridized carbons (Fsp3) is 0.280. The molecule has 0 aliphatic carbocycles. The Bertz CT molecular complexity index is 1410. The molecule has 1 unspecified atom stereocenters. The third-order valence-corrected chi connectivity index (χ3v) is 7.70. The van der Waals surface area contributed by atoms with Crippen molar-refractivity contribution in [1.82, 2.24) is 4.57 Å². The first-order valence-electron chi connectivity index (χ1n) is 10.4. The number of aromatic nitrogens is 1. The molecule has 2 N–H and O–H groups in total. The average Bonchev–Trinajstić information content (AvgIpc) is 3.24. The highest BCUT2D eigenvalue weighted by atomic mass is 32.2. The Morgan fingerprint density at radius 2 is 1.82 bits per heavy atom. The predicted molar refractivity (Wildman–Crippen MR) is 129 cm³/mol. The van der Waals surface area contributed by atoms with Crippen LogP contribution in [0, 0.1) is 11.8 Å². The van der Waals surface area contributed by atoms with Crippen molar-refractivity contribution in [1.29, 1.82) is 0 Å². The molecule has 0 spiro atoms. The van der Waals surface area contributed by atoms with Crippen molar-refractivity contribution in [3.8, 4) is 23.0 Å². The van der Waals surface area contributed by atoms with E-state index in [1.54, 1.807) is 25.4 Å². The lowest BCUT2D eigenvalue weighted by Crippen LogP contribution is -2.48. The van der Waals surface area contributed by atoms with E-state index in [1.165, 1.54) is 17.6 Å². The number of hydrogen-bond acceptors (Lipinski definition) is 6. The summed E-state index contributed by atoms with van der Waals surface area (Å²) in [6.07, 6.45) is 2.44. The second kappa shape index (κ2) is 10.1. The lowest BCUT2D eigenvalue weighted by molar-refractivity contribution is -0.120. The van der Waals surface area contributed by atoms with Gasteiger partial charge in [-0.1, -0.05) is 18.1 Å². The summed E-state index contributed by atoms with van der Waals surface area (Å²) in [5, 5.41) is 0. The minimum atomic E-state index is -3.74. The molecular weight excluding hydrogens is 456 g/mol. The van der Waals surface area contributed by atoms with Gasteiger partial charge in [0.25, 0.3) is 5.56 Å². The van der Waals surface area contributed by atoms with E-state index in [0.717, 1.165) is 17.4 Å². The topological polar surface area (TPSA) is 122 Å². The number of rotatable bonds is 8. The smallest absolute Gasteiger partial charge is 0.251 e. The van der Waals surface area contributed by atoms with Crippen LogP contribution in [0.4, 0.5) is 0 Å². The van der Waals surface area contributed by atoms with Crippen LogP contribution in [0.5, 0.6) is 0 Å². The standard InChI is InChI=1S/C25H26N2O6S/c1-25(24(26)29,34(3,30)31)13-15-27-14-12-20(16-23(27)28)19-7-4-18(5-8-19)6-9-21-10-11-22(33-21)17-32-2/h4-5,7-8,10-12,14,16H,13,15,17H2,1-3H3,(H2,26,29). The molecule has 0 saturated carbocycles. The molecule has 9 heteroatoms. The molecule has 2 heterocycles. The number of carbonyl (C=O) groups excluding carboxylic acids is 1. The summed E-state index contributed by atoms with van der Waals surface area (Å²) in [5.41, 5.74) is 7.32. The highest BCUT2D eigenvalue weighted by Crippen LogP contribution is 2.22. The largest absolute Gasteiger partial charge is 0.450 e. The van der Waals surface area contributed by atoms with Gasteiger partial charge in [-0.2, -0.15) is 0 Å². The van der Waals surface area contributed by atoms with E-state index in [4.69, 9.17) is 14.9 Å². The third kappa shape index (κ3) is 5.65. The second-order valence-electron chi connectivity index (χ2n) is 8.09. The number of amides is 1. The fourth-order valence-corrected chi connectivity index (χ4v) is 4.07. The molecule has 0 aliphatic rings. The number of carbonyl (C=O) groups is 1. The summed E-state index contributed by atoms with van der Waals surface area (Å²) >= 11 is 0. The summed E-state index contributed by atoms with van der Waals surface area (Å²) in [6.45, 7) is 1.70. The molecule has 1 atom stereocenters. The van der Waals surface area contributed by atoms with Crippen LogP contribution >= 0.6 is 0 Å². The molecule has 1 amide bonds. The van der Waals surface area contributed by atoms with Crippen LogP contribution in [-0.4, -0.2) is 37.0 Å². The Hall–Kier alpha value is -3.61. The van der Waals surface area contributed by atoms with Crippen LogP contribution in [-0.2, 0) is 32.5 Å². The zero-order valence-electron chi connectivity index (χ0n) is 19.2. The van der Waals surface area contributed by atoms with E-state index in [9.17, 15) is 18.0 Å². The van der Waals surface area contributed by atoms with Gasteiger partial charge in [-0.3, -0.25) is 9.59 Å². The van der Waals surface area contributed by atoms with E-state index in [1.807, 2.05) is 30.3 Å². The van der Waals surface area contributed by atoms with Crippen molar-refractivity contribution in [3.63, 3.8) is 0 Å². The van der Waals surface area contributed by atoms with Crippen LogP contribution in [0.2, 0.25) is 0 Å². The Balaban J connectivity index is 1.73. The quantitative estimate of drug-likeness (QED) is 0.492. The normalized spacial score (nSPS) is 13.0. The molecule has 8 nitrogen and oxygen atoms in total. The van der Waals surface area contributed by atoms with Crippen molar-refractivity contribution in [2.45, 2.75) is 31.2 Å². The SMILES string of the molecule is COCc1ccc(C#Cc2ccc(-c3ccn(CCC(C)(C(N)=O)S(C)(=O)=O)c(=O)c3)cc2)o1. The number of pyridine rings is 1. The van der Waals surface area contributed by atoms with Crippen LogP contribution in [0.15, 0.2) is 63.9 Å². The van der Waals surface area contributed by atoms with Gasteiger partial charge in [0.1, 0.15) is 17.1 Å². The molecule has 1 aromatic carbocycles. The van der Waals surface area contributed by atoms with Gasteiger partial charge in [0.15, 0.2) is 15.6 Å². The average molecular weight is 483 g/mol. The van der Waals surface area contributed by atoms with Crippen molar-refractivity contribution in [2.75, 3.05) is 13.4 Å². The van der Waals surface area contributed by atoms with Gasteiger partial charge in [-0.15, -0.1) is 0 Å². The number of furan rings is 1. The van der Waals surface area contributed by atoms with Crippen molar-refractivity contribution in [2.24, 2.45) is 5.73 Å². The number of benzene rings is 1. The van der Waals surface area contributed by atoms with E-state index >= 15 is 0 Å². The minimum Gasteiger partial charge on any atom is -0.450 e. The molecular formula is C25H26N2O6S. The molecule has 0 saturated heterocycles. The first-order chi connectivity index (χ1) is 16.0. The zero-order chi connectivity index (χ0) is 24.9. The predicted octanol–water partition coefficient (Wildman–Crippen LogP) is 2.33. The zero-order valence-corrected chi connectivity index (χ0v) is 20.0. The number of aryl methyl sites for hydroxylation is 1. The van der Waals surface area contributed by atoms with E-state index in [-0.39, 0.29) is 18.5 Å². The summed E-state index contributed by atoms with van der Waals surface area (Å²) in [4.78, 5) is 24.3. The van der Waals surface area contributed by atoms with Gasteiger partial charge in [-0.05, 0) is 60.7 Å². The van der Waals surface area contributed by atoms with Crippen molar-refractivity contribution < 1.29 is 22.4 Å².